The maximum absolute atomic E-state index is 12.3. The lowest BCUT2D eigenvalue weighted by Crippen LogP contribution is -3.06. The Labute approximate surface area is 136 Å². The van der Waals surface area contributed by atoms with Crippen molar-refractivity contribution in [3.63, 3.8) is 0 Å². The number of rotatable bonds is 4. The number of nitrogens with two attached hydrogens (primary N) is 1. The third-order valence-corrected chi connectivity index (χ3v) is 4.23. The molecule has 1 saturated heterocycles. The standard InChI is InChI=1S/C17H25N3O3/c1-16(2)10-13(11-17(3,4)19-16)18-15(21)9-12-7-5-6-8-14(12)20(22)23/h5-8,13,19H,9-11H2,1-4H3,(H,18,21)/p+1. The predicted molar refractivity (Wildman–Crippen MR) is 88.0 cm³/mol. The summed E-state index contributed by atoms with van der Waals surface area (Å²) in [6.07, 6.45) is 1.82. The summed E-state index contributed by atoms with van der Waals surface area (Å²) in [4.78, 5) is 22.9. The Morgan fingerprint density at radius 3 is 2.39 bits per heavy atom. The van der Waals surface area contributed by atoms with Crippen molar-refractivity contribution < 1.29 is 15.0 Å². The average Bonchev–Trinajstić information content (AvgIpc) is 2.34. The molecule has 0 aliphatic carbocycles. The number of nitro groups is 1. The fourth-order valence-electron chi connectivity index (χ4n) is 3.91. The number of nitro benzene ring substituents is 1. The number of quaternary nitrogens is 1. The molecule has 0 unspecified atom stereocenters. The van der Waals surface area contributed by atoms with Crippen LogP contribution in [0.2, 0.25) is 0 Å². The highest BCUT2D eigenvalue weighted by Gasteiger charge is 2.42. The maximum Gasteiger partial charge on any atom is 0.273 e. The number of amides is 1. The fourth-order valence-corrected chi connectivity index (χ4v) is 3.91. The van der Waals surface area contributed by atoms with Gasteiger partial charge in [0.25, 0.3) is 5.69 Å². The first-order chi connectivity index (χ1) is 10.6. The lowest BCUT2D eigenvalue weighted by molar-refractivity contribution is -0.787. The van der Waals surface area contributed by atoms with Crippen LogP contribution in [0.3, 0.4) is 0 Å². The Morgan fingerprint density at radius 1 is 1.26 bits per heavy atom. The lowest BCUT2D eigenvalue weighted by Gasteiger charge is -2.43. The Kier molecular flexibility index (Phi) is 4.75. The molecule has 1 fully saturated rings. The Morgan fingerprint density at radius 2 is 1.83 bits per heavy atom. The van der Waals surface area contributed by atoms with E-state index in [9.17, 15) is 14.9 Å². The monoisotopic (exact) mass is 320 g/mol. The smallest absolute Gasteiger partial charge is 0.273 e. The highest BCUT2D eigenvalue weighted by Crippen LogP contribution is 2.22. The van der Waals surface area contributed by atoms with Gasteiger partial charge in [0, 0.05) is 30.5 Å². The van der Waals surface area contributed by atoms with Gasteiger partial charge in [0.15, 0.2) is 0 Å². The number of nitrogens with one attached hydrogen (secondary N) is 1. The van der Waals surface area contributed by atoms with E-state index in [1.165, 1.54) is 6.07 Å². The van der Waals surface area contributed by atoms with Crippen LogP contribution in [0.4, 0.5) is 5.69 Å². The summed E-state index contributed by atoms with van der Waals surface area (Å²) in [7, 11) is 0. The van der Waals surface area contributed by atoms with Gasteiger partial charge in [-0.1, -0.05) is 18.2 Å². The van der Waals surface area contributed by atoms with E-state index < -0.39 is 4.92 Å². The van der Waals surface area contributed by atoms with E-state index in [1.54, 1.807) is 18.2 Å². The Bertz CT molecular complexity index is 595. The molecule has 0 radical (unpaired) electrons. The number of piperidine rings is 1. The molecule has 6 nitrogen and oxygen atoms in total. The number of hydrogen-bond acceptors (Lipinski definition) is 3. The zero-order valence-electron chi connectivity index (χ0n) is 14.3. The topological polar surface area (TPSA) is 88.8 Å². The molecule has 1 aromatic rings. The van der Waals surface area contributed by atoms with E-state index in [-0.39, 0.29) is 35.1 Å². The minimum absolute atomic E-state index is 0.000266. The normalized spacial score (nSPS) is 20.0. The van der Waals surface area contributed by atoms with E-state index in [1.807, 2.05) is 0 Å². The van der Waals surface area contributed by atoms with E-state index >= 15 is 0 Å². The highest BCUT2D eigenvalue weighted by atomic mass is 16.6. The summed E-state index contributed by atoms with van der Waals surface area (Å²) in [6, 6.07) is 6.50. The molecule has 0 spiro atoms. The van der Waals surface area contributed by atoms with Crippen LogP contribution in [0.1, 0.15) is 46.1 Å². The molecule has 1 amide bonds. The van der Waals surface area contributed by atoms with Crippen LogP contribution in [-0.4, -0.2) is 28.0 Å². The van der Waals surface area contributed by atoms with Crippen molar-refractivity contribution in [2.24, 2.45) is 0 Å². The van der Waals surface area contributed by atoms with Crippen molar-refractivity contribution in [3.8, 4) is 0 Å². The second kappa shape index (κ2) is 6.28. The summed E-state index contributed by atoms with van der Waals surface area (Å²) in [5, 5.41) is 16.4. The van der Waals surface area contributed by atoms with Crippen molar-refractivity contribution >= 4 is 11.6 Å². The van der Waals surface area contributed by atoms with E-state index in [0.29, 0.717) is 5.56 Å². The summed E-state index contributed by atoms with van der Waals surface area (Å²) in [6.45, 7) is 8.70. The fraction of sp³-hybridized carbons (Fsp3) is 0.588. The van der Waals surface area contributed by atoms with Gasteiger partial charge in [0.2, 0.25) is 5.91 Å². The van der Waals surface area contributed by atoms with Crippen LogP contribution in [0.5, 0.6) is 0 Å². The van der Waals surface area contributed by atoms with Crippen LogP contribution in [-0.2, 0) is 11.2 Å². The predicted octanol–water partition coefficient (Wildman–Crippen LogP) is 1.54. The van der Waals surface area contributed by atoms with Gasteiger partial charge in [-0.15, -0.1) is 0 Å². The Balaban J connectivity index is 2.04. The molecule has 126 valence electrons. The number of nitrogens with zero attached hydrogens (tertiary/aromatic N) is 1. The van der Waals surface area contributed by atoms with Crippen LogP contribution in [0.15, 0.2) is 24.3 Å². The van der Waals surface area contributed by atoms with Crippen LogP contribution < -0.4 is 10.6 Å². The molecular formula is C17H26N3O3+. The molecule has 0 atom stereocenters. The first kappa shape index (κ1) is 17.4. The second-order valence-corrected chi connectivity index (χ2v) is 7.86. The molecule has 0 saturated carbocycles. The van der Waals surface area contributed by atoms with Gasteiger partial charge in [0.05, 0.1) is 22.4 Å². The number of carbonyl (C=O) groups excluding carboxylic acids is 1. The first-order valence-corrected chi connectivity index (χ1v) is 7.97. The van der Waals surface area contributed by atoms with Crippen molar-refractivity contribution in [3.05, 3.63) is 39.9 Å². The molecule has 1 aromatic carbocycles. The summed E-state index contributed by atoms with van der Waals surface area (Å²) < 4.78 is 0. The number of hydrogen-bond donors (Lipinski definition) is 2. The number of benzene rings is 1. The van der Waals surface area contributed by atoms with Crippen LogP contribution in [0, 0.1) is 10.1 Å². The van der Waals surface area contributed by atoms with Crippen LogP contribution in [0.25, 0.3) is 0 Å². The summed E-state index contributed by atoms with van der Waals surface area (Å²) >= 11 is 0. The van der Waals surface area contributed by atoms with Gasteiger partial charge in [0.1, 0.15) is 0 Å². The second-order valence-electron chi connectivity index (χ2n) is 7.86. The van der Waals surface area contributed by atoms with Gasteiger partial charge in [-0.25, -0.2) is 0 Å². The lowest BCUT2D eigenvalue weighted by atomic mass is 9.79. The molecule has 0 bridgehead atoms. The van der Waals surface area contributed by atoms with Crippen molar-refractivity contribution in [2.45, 2.75) is 64.1 Å². The van der Waals surface area contributed by atoms with E-state index in [2.05, 4.69) is 38.3 Å². The molecular weight excluding hydrogens is 294 g/mol. The SMILES string of the molecule is CC1(C)CC(NC(=O)Cc2ccccc2[N+](=O)[O-])CC(C)(C)[NH2+]1. The molecule has 23 heavy (non-hydrogen) atoms. The van der Waals surface area contributed by atoms with Crippen molar-refractivity contribution in [2.75, 3.05) is 0 Å². The van der Waals surface area contributed by atoms with E-state index in [0.717, 1.165) is 12.8 Å². The van der Waals surface area contributed by atoms with Crippen LogP contribution >= 0.6 is 0 Å². The third-order valence-electron chi connectivity index (χ3n) is 4.23. The number of carbonyl (C=O) groups is 1. The number of para-hydroxylation sites is 1. The van der Waals surface area contributed by atoms with Crippen molar-refractivity contribution in [1.82, 2.24) is 5.32 Å². The highest BCUT2D eigenvalue weighted by molar-refractivity contribution is 5.80. The van der Waals surface area contributed by atoms with Gasteiger partial charge in [-0.05, 0) is 27.7 Å². The first-order valence-electron chi connectivity index (χ1n) is 7.97. The molecule has 0 aromatic heterocycles. The minimum atomic E-state index is -0.440. The summed E-state index contributed by atoms with van der Waals surface area (Å²) in [5.74, 6) is -0.155. The molecule has 3 N–H and O–H groups in total. The molecule has 1 aliphatic heterocycles. The van der Waals surface area contributed by atoms with Gasteiger partial charge in [-0.3, -0.25) is 14.9 Å². The molecule has 1 aliphatic rings. The van der Waals surface area contributed by atoms with Crippen molar-refractivity contribution in [1.29, 1.82) is 0 Å². The third kappa shape index (κ3) is 4.76. The zero-order chi connectivity index (χ0) is 17.3. The summed E-state index contributed by atoms with van der Waals surface area (Å²) in [5.41, 5.74) is 0.591. The minimum Gasteiger partial charge on any atom is -0.353 e. The quantitative estimate of drug-likeness (QED) is 0.651. The average molecular weight is 320 g/mol. The van der Waals surface area contributed by atoms with E-state index in [4.69, 9.17) is 0 Å². The zero-order valence-corrected chi connectivity index (χ0v) is 14.3. The Hall–Kier alpha value is -1.95. The van der Waals surface area contributed by atoms with Gasteiger partial charge in [-0.2, -0.15) is 0 Å². The van der Waals surface area contributed by atoms with Gasteiger partial charge < -0.3 is 10.6 Å². The largest absolute Gasteiger partial charge is 0.353 e. The van der Waals surface area contributed by atoms with Gasteiger partial charge >= 0.3 is 0 Å². The molecule has 1 heterocycles. The maximum atomic E-state index is 12.3. The molecule has 6 heteroatoms. The molecule has 2 rings (SSSR count).